The molecule has 1 heterocycles. The van der Waals surface area contributed by atoms with Crippen molar-refractivity contribution in [2.45, 2.75) is 44.4 Å². The van der Waals surface area contributed by atoms with Gasteiger partial charge in [0.15, 0.2) is 0 Å². The molecule has 0 aliphatic carbocycles. The number of benzene rings is 3. The van der Waals surface area contributed by atoms with Gasteiger partial charge < -0.3 is 4.90 Å². The third-order valence-electron chi connectivity index (χ3n) is 6.27. The van der Waals surface area contributed by atoms with Crippen molar-refractivity contribution in [1.82, 2.24) is 0 Å². The number of carbonyl (C=O) groups is 2. The molecule has 32 heavy (non-hydrogen) atoms. The van der Waals surface area contributed by atoms with E-state index in [1.54, 1.807) is 0 Å². The van der Waals surface area contributed by atoms with E-state index < -0.39 is 0 Å². The lowest BCUT2D eigenvalue weighted by atomic mass is 9.86. The largest absolute Gasteiger partial charge is 0.372 e. The average Bonchev–Trinajstić information content (AvgIpc) is 3.35. The maximum absolute atomic E-state index is 12.9. The number of rotatable bonds is 10. The van der Waals surface area contributed by atoms with Gasteiger partial charge in [-0.15, -0.1) is 0 Å². The highest BCUT2D eigenvalue weighted by atomic mass is 16.1. The molecule has 1 aliphatic heterocycles. The summed E-state index contributed by atoms with van der Waals surface area (Å²) in [4.78, 5) is 28.2. The lowest BCUT2D eigenvalue weighted by molar-refractivity contribution is -0.120. The van der Waals surface area contributed by atoms with E-state index in [2.05, 4.69) is 29.2 Å². The third kappa shape index (κ3) is 6.16. The molecule has 0 bridgehead atoms. The normalized spacial score (nSPS) is 13.5. The van der Waals surface area contributed by atoms with Crippen LogP contribution in [0.1, 0.15) is 48.3 Å². The van der Waals surface area contributed by atoms with E-state index in [-0.39, 0.29) is 17.5 Å². The van der Waals surface area contributed by atoms with E-state index in [1.165, 1.54) is 18.5 Å². The molecule has 3 heteroatoms. The van der Waals surface area contributed by atoms with Crippen LogP contribution >= 0.6 is 0 Å². The molecule has 0 atom stereocenters. The van der Waals surface area contributed by atoms with Crippen LogP contribution in [0, 0.1) is 0 Å². The van der Waals surface area contributed by atoms with Crippen LogP contribution in [0.4, 0.5) is 5.69 Å². The summed E-state index contributed by atoms with van der Waals surface area (Å²) in [5, 5.41) is 0. The van der Waals surface area contributed by atoms with Crippen LogP contribution in [0.15, 0.2) is 84.9 Å². The second-order valence-corrected chi connectivity index (χ2v) is 8.79. The Hall–Kier alpha value is -3.20. The van der Waals surface area contributed by atoms with Crippen LogP contribution < -0.4 is 4.90 Å². The minimum absolute atomic E-state index is 0.0879. The van der Waals surface area contributed by atoms with Crippen LogP contribution in [-0.4, -0.2) is 24.7 Å². The molecule has 3 nitrogen and oxygen atoms in total. The summed E-state index contributed by atoms with van der Waals surface area (Å²) in [5.41, 5.74) is 4.36. The fourth-order valence-corrected chi connectivity index (χ4v) is 4.58. The minimum Gasteiger partial charge on any atom is -0.372 e. The second-order valence-electron chi connectivity index (χ2n) is 8.79. The van der Waals surface area contributed by atoms with Gasteiger partial charge in [0.05, 0.1) is 0 Å². The van der Waals surface area contributed by atoms with Crippen molar-refractivity contribution in [1.29, 1.82) is 0 Å². The predicted octanol–water partition coefficient (Wildman–Crippen LogP) is 5.77. The molecular weight excluding hydrogens is 394 g/mol. The zero-order chi connectivity index (χ0) is 22.2. The SMILES string of the molecule is O=C(Cc1ccccc1)CC(CC(=O)Cc1ccccc1)c1ccc(N2CCCC2)cc1. The Bertz CT molecular complexity index is 951. The van der Waals surface area contributed by atoms with Gasteiger partial charge in [-0.3, -0.25) is 9.59 Å². The van der Waals surface area contributed by atoms with E-state index >= 15 is 0 Å². The summed E-state index contributed by atoms with van der Waals surface area (Å²) in [5.74, 6) is 0.268. The number of carbonyl (C=O) groups excluding carboxylic acids is 2. The van der Waals surface area contributed by atoms with E-state index in [1.807, 2.05) is 60.7 Å². The van der Waals surface area contributed by atoms with Crippen LogP contribution in [0.3, 0.4) is 0 Å². The fraction of sp³-hybridized carbons (Fsp3) is 0.310. The molecule has 1 aliphatic rings. The molecule has 3 aromatic carbocycles. The van der Waals surface area contributed by atoms with Gasteiger partial charge in [-0.1, -0.05) is 72.8 Å². The first-order valence-electron chi connectivity index (χ1n) is 11.6. The number of ketones is 2. The number of hydrogen-bond donors (Lipinski definition) is 0. The number of nitrogens with zero attached hydrogens (tertiary/aromatic N) is 1. The van der Waals surface area contributed by atoms with Crippen molar-refractivity contribution < 1.29 is 9.59 Å². The van der Waals surface area contributed by atoms with Gasteiger partial charge >= 0.3 is 0 Å². The highest BCUT2D eigenvalue weighted by Crippen LogP contribution is 2.29. The third-order valence-corrected chi connectivity index (χ3v) is 6.27. The zero-order valence-corrected chi connectivity index (χ0v) is 18.6. The molecule has 4 rings (SSSR count). The Labute approximate surface area is 191 Å². The van der Waals surface area contributed by atoms with E-state index in [9.17, 15) is 9.59 Å². The Morgan fingerprint density at radius 3 is 1.59 bits per heavy atom. The van der Waals surface area contributed by atoms with Gasteiger partial charge in [-0.2, -0.15) is 0 Å². The summed E-state index contributed by atoms with van der Waals surface area (Å²) in [6, 6.07) is 28.2. The Morgan fingerprint density at radius 1 is 0.656 bits per heavy atom. The summed E-state index contributed by atoms with van der Waals surface area (Å²) in [6.07, 6.45) is 4.09. The monoisotopic (exact) mass is 425 g/mol. The lowest BCUT2D eigenvalue weighted by Crippen LogP contribution is -2.18. The highest BCUT2D eigenvalue weighted by Gasteiger charge is 2.21. The van der Waals surface area contributed by atoms with Crippen molar-refractivity contribution in [2.24, 2.45) is 0 Å². The van der Waals surface area contributed by atoms with Gasteiger partial charge in [0.2, 0.25) is 0 Å². The Balaban J connectivity index is 1.47. The number of Topliss-reactive ketones (excluding diaryl/α,β-unsaturated/α-hetero) is 2. The van der Waals surface area contributed by atoms with Crippen molar-refractivity contribution in [2.75, 3.05) is 18.0 Å². The Morgan fingerprint density at radius 2 is 1.12 bits per heavy atom. The van der Waals surface area contributed by atoms with Gasteiger partial charge in [-0.25, -0.2) is 0 Å². The first kappa shape index (κ1) is 22.0. The van der Waals surface area contributed by atoms with Crippen molar-refractivity contribution in [3.8, 4) is 0 Å². The fourth-order valence-electron chi connectivity index (χ4n) is 4.58. The van der Waals surface area contributed by atoms with E-state index in [4.69, 9.17) is 0 Å². The van der Waals surface area contributed by atoms with Gasteiger partial charge in [0.25, 0.3) is 0 Å². The molecule has 1 fully saturated rings. The standard InChI is InChI=1S/C29H31NO2/c31-28(19-23-9-3-1-4-10-23)21-26(22-29(32)20-24-11-5-2-6-12-24)25-13-15-27(16-14-25)30-17-7-8-18-30/h1-6,9-16,26H,7-8,17-22H2. The summed E-state index contributed by atoms with van der Waals surface area (Å²) < 4.78 is 0. The molecular formula is C29H31NO2. The first-order valence-corrected chi connectivity index (χ1v) is 11.6. The molecule has 0 N–H and O–H groups in total. The molecule has 0 saturated carbocycles. The van der Waals surface area contributed by atoms with Crippen molar-refractivity contribution >= 4 is 17.3 Å². The molecule has 0 amide bonds. The van der Waals surface area contributed by atoms with Crippen LogP contribution in [0.5, 0.6) is 0 Å². The molecule has 0 unspecified atom stereocenters. The van der Waals surface area contributed by atoms with Gasteiger partial charge in [0, 0.05) is 44.5 Å². The zero-order valence-electron chi connectivity index (χ0n) is 18.6. The van der Waals surface area contributed by atoms with Crippen LogP contribution in [-0.2, 0) is 22.4 Å². The summed E-state index contributed by atoms with van der Waals surface area (Å²) >= 11 is 0. The van der Waals surface area contributed by atoms with Gasteiger partial charge in [0.1, 0.15) is 11.6 Å². The molecule has 0 spiro atoms. The highest BCUT2D eigenvalue weighted by molar-refractivity contribution is 5.85. The van der Waals surface area contributed by atoms with E-state index in [0.717, 1.165) is 29.8 Å². The summed E-state index contributed by atoms with van der Waals surface area (Å²) in [6.45, 7) is 2.21. The quantitative estimate of drug-likeness (QED) is 0.414. The van der Waals surface area contributed by atoms with Crippen molar-refractivity contribution in [3.63, 3.8) is 0 Å². The predicted molar refractivity (Wildman–Crippen MR) is 130 cm³/mol. The molecule has 0 aromatic heterocycles. The van der Waals surface area contributed by atoms with Crippen LogP contribution in [0.25, 0.3) is 0 Å². The number of hydrogen-bond acceptors (Lipinski definition) is 3. The molecule has 164 valence electrons. The van der Waals surface area contributed by atoms with Crippen molar-refractivity contribution in [3.05, 3.63) is 102 Å². The van der Waals surface area contributed by atoms with Gasteiger partial charge in [-0.05, 0) is 47.6 Å². The second kappa shape index (κ2) is 10.9. The minimum atomic E-state index is -0.0879. The topological polar surface area (TPSA) is 37.4 Å². The average molecular weight is 426 g/mol. The maximum atomic E-state index is 12.9. The first-order chi connectivity index (χ1) is 15.7. The lowest BCUT2D eigenvalue weighted by Gasteiger charge is -2.20. The van der Waals surface area contributed by atoms with Crippen LogP contribution in [0.2, 0.25) is 0 Å². The molecule has 1 saturated heterocycles. The summed E-state index contributed by atoms with van der Waals surface area (Å²) in [7, 11) is 0. The smallest absolute Gasteiger partial charge is 0.137 e. The maximum Gasteiger partial charge on any atom is 0.137 e. The molecule has 3 aromatic rings. The Kier molecular flexibility index (Phi) is 7.50. The molecule has 0 radical (unpaired) electrons. The number of anilines is 1. The van der Waals surface area contributed by atoms with E-state index in [0.29, 0.717) is 25.7 Å².